The van der Waals surface area contributed by atoms with Crippen LogP contribution in [-0.2, 0) is 14.3 Å². The van der Waals surface area contributed by atoms with Gasteiger partial charge in [-0.25, -0.2) is 4.79 Å². The van der Waals surface area contributed by atoms with Crippen molar-refractivity contribution in [1.82, 2.24) is 10.2 Å². The number of carbonyl (C=O) groups is 3. The van der Waals surface area contributed by atoms with Gasteiger partial charge in [0.05, 0.1) is 17.3 Å². The predicted octanol–water partition coefficient (Wildman–Crippen LogP) is 3.97. The molecule has 3 amide bonds. The highest BCUT2D eigenvalue weighted by Crippen LogP contribution is 2.29. The average molecular weight is 522 g/mol. The maximum absolute atomic E-state index is 13.6. The van der Waals surface area contributed by atoms with Crippen LogP contribution in [0.4, 0.5) is 10.5 Å². The second-order valence-corrected chi connectivity index (χ2v) is 9.64. The van der Waals surface area contributed by atoms with E-state index in [1.807, 2.05) is 0 Å². The highest BCUT2D eigenvalue weighted by atomic mass is 35.5. The molecule has 2 atom stereocenters. The van der Waals surface area contributed by atoms with Crippen LogP contribution in [-0.4, -0.2) is 58.5 Å². The molecule has 0 radical (unpaired) electrons. The van der Waals surface area contributed by atoms with Crippen LogP contribution in [0.25, 0.3) is 0 Å². The first-order chi connectivity index (χ1) is 16.5. The lowest BCUT2D eigenvalue weighted by molar-refractivity contribution is -0.140. The molecule has 0 spiro atoms. The molecule has 0 bridgehead atoms. The van der Waals surface area contributed by atoms with Gasteiger partial charge in [-0.05, 0) is 44.9 Å². The van der Waals surface area contributed by atoms with Gasteiger partial charge in [-0.15, -0.1) is 0 Å². The zero-order chi connectivity index (χ0) is 26.2. The molecule has 190 valence electrons. The lowest BCUT2D eigenvalue weighted by atomic mass is 10.0. The number of anilines is 1. The van der Waals surface area contributed by atoms with E-state index in [9.17, 15) is 19.5 Å². The van der Waals surface area contributed by atoms with Crippen molar-refractivity contribution < 1.29 is 24.2 Å². The lowest BCUT2D eigenvalue weighted by Gasteiger charge is -2.34. The van der Waals surface area contributed by atoms with E-state index in [0.29, 0.717) is 16.3 Å². The van der Waals surface area contributed by atoms with Crippen molar-refractivity contribution in [1.29, 1.82) is 0 Å². The molecule has 35 heavy (non-hydrogen) atoms. The van der Waals surface area contributed by atoms with Crippen molar-refractivity contribution in [3.05, 3.63) is 64.7 Å². The molecular formula is C25H32ClN3O5S. The molecule has 0 fully saturated rings. The number of hydrogen-bond acceptors (Lipinski definition) is 6. The van der Waals surface area contributed by atoms with E-state index in [2.05, 4.69) is 23.3 Å². The van der Waals surface area contributed by atoms with Gasteiger partial charge in [-0.1, -0.05) is 54.1 Å². The summed E-state index contributed by atoms with van der Waals surface area (Å²) in [5, 5.41) is 15.4. The number of hydrogen-bond donors (Lipinski definition) is 4. The molecule has 2 rings (SSSR count). The van der Waals surface area contributed by atoms with Crippen LogP contribution in [0, 0.1) is 6.92 Å². The monoisotopic (exact) mass is 521 g/mol. The molecule has 0 aromatic heterocycles. The summed E-state index contributed by atoms with van der Waals surface area (Å²) in [5.74, 6) is -1.17. The lowest BCUT2D eigenvalue weighted by Crippen LogP contribution is -2.53. The maximum Gasteiger partial charge on any atom is 0.408 e. The number of benzene rings is 2. The second-order valence-electron chi connectivity index (χ2n) is 8.87. The molecule has 8 nitrogen and oxygen atoms in total. The van der Waals surface area contributed by atoms with Crippen molar-refractivity contribution in [3.63, 3.8) is 0 Å². The number of carbonyl (C=O) groups excluding carboxylic acids is 3. The van der Waals surface area contributed by atoms with Crippen molar-refractivity contribution in [2.75, 3.05) is 24.2 Å². The number of aryl methyl sites for hydroxylation is 1. The number of ether oxygens (including phenoxy) is 1. The van der Waals surface area contributed by atoms with E-state index in [0.717, 1.165) is 5.56 Å². The van der Waals surface area contributed by atoms with Gasteiger partial charge in [-0.2, -0.15) is 12.6 Å². The number of para-hydroxylation sites is 1. The highest BCUT2D eigenvalue weighted by molar-refractivity contribution is 7.80. The fourth-order valence-electron chi connectivity index (χ4n) is 3.40. The van der Waals surface area contributed by atoms with Crippen molar-refractivity contribution >= 4 is 47.8 Å². The Morgan fingerprint density at radius 3 is 2.31 bits per heavy atom. The first kappa shape index (κ1) is 28.5. The summed E-state index contributed by atoms with van der Waals surface area (Å²) in [6.07, 6.45) is -0.791. The zero-order valence-electron chi connectivity index (χ0n) is 20.2. The summed E-state index contributed by atoms with van der Waals surface area (Å²) >= 11 is 10.5. The fraction of sp³-hybridized carbons (Fsp3) is 0.400. The Balaban J connectivity index is 2.43. The quantitative estimate of drug-likeness (QED) is 0.373. The van der Waals surface area contributed by atoms with Gasteiger partial charge in [0.1, 0.15) is 17.7 Å². The summed E-state index contributed by atoms with van der Waals surface area (Å²) in [4.78, 5) is 40.7. The Bertz CT molecular complexity index is 1010. The van der Waals surface area contributed by atoms with Crippen LogP contribution < -0.4 is 10.6 Å². The number of halogens is 1. The molecule has 2 aromatic carbocycles. The molecule has 3 N–H and O–H groups in total. The number of amides is 3. The normalized spacial score (nSPS) is 12.9. The first-order valence-corrected chi connectivity index (χ1v) is 12.1. The topological polar surface area (TPSA) is 108 Å². The number of alkyl carbamates (subject to hydrolysis) is 1. The SMILES string of the molecule is Cc1cccc(Cl)c1NC(=O)C(c1ccccc1)N(CCO)C(=O)C(CS)NC(=O)OC(C)(C)C. The molecule has 0 aliphatic carbocycles. The predicted molar refractivity (Wildman–Crippen MR) is 140 cm³/mol. The molecular weight excluding hydrogens is 490 g/mol. The van der Waals surface area contributed by atoms with E-state index in [1.165, 1.54) is 4.90 Å². The van der Waals surface area contributed by atoms with E-state index in [-0.39, 0.29) is 12.3 Å². The van der Waals surface area contributed by atoms with Gasteiger partial charge >= 0.3 is 6.09 Å². The van der Waals surface area contributed by atoms with E-state index >= 15 is 0 Å². The van der Waals surface area contributed by atoms with E-state index in [1.54, 1.807) is 76.2 Å². The van der Waals surface area contributed by atoms with Crippen LogP contribution in [0.3, 0.4) is 0 Å². The summed E-state index contributed by atoms with van der Waals surface area (Å²) in [6, 6.07) is 11.7. The summed E-state index contributed by atoms with van der Waals surface area (Å²) in [6.45, 7) is 6.35. The molecule has 0 aliphatic heterocycles. The molecule has 0 saturated carbocycles. The molecule has 0 saturated heterocycles. The molecule has 0 aliphatic rings. The number of rotatable bonds is 9. The van der Waals surface area contributed by atoms with Crippen molar-refractivity contribution in [2.45, 2.75) is 45.4 Å². The third-order valence-corrected chi connectivity index (χ3v) is 5.62. The minimum absolute atomic E-state index is 0.0489. The zero-order valence-corrected chi connectivity index (χ0v) is 21.9. The fourth-order valence-corrected chi connectivity index (χ4v) is 3.92. The number of nitrogens with zero attached hydrogens (tertiary/aromatic N) is 1. The van der Waals surface area contributed by atoms with E-state index in [4.69, 9.17) is 16.3 Å². The average Bonchev–Trinajstić information content (AvgIpc) is 2.78. The maximum atomic E-state index is 13.6. The Morgan fingerprint density at radius 2 is 1.77 bits per heavy atom. The van der Waals surface area contributed by atoms with Gasteiger partial charge in [0, 0.05) is 12.3 Å². The third kappa shape index (κ3) is 8.16. The molecule has 2 unspecified atom stereocenters. The second kappa shape index (κ2) is 12.8. The van der Waals surface area contributed by atoms with Crippen LogP contribution in [0.15, 0.2) is 48.5 Å². The standard InChI is InChI=1S/C25H32ClN3O5S/c1-16-9-8-12-18(26)20(16)28-22(31)21(17-10-6-5-7-11-17)29(13-14-30)23(32)19(15-35)27-24(33)34-25(2,3)4/h5-12,19,21,30,35H,13-15H2,1-4H3,(H,27,33)(H,28,31). The van der Waals surface area contributed by atoms with Crippen LogP contribution in [0.2, 0.25) is 5.02 Å². The Morgan fingerprint density at radius 1 is 1.11 bits per heavy atom. The molecule has 2 aromatic rings. The Labute approximate surface area is 216 Å². The summed E-state index contributed by atoms with van der Waals surface area (Å²) < 4.78 is 5.26. The van der Waals surface area contributed by atoms with Gasteiger partial charge in [0.25, 0.3) is 5.91 Å². The van der Waals surface area contributed by atoms with Gasteiger partial charge in [0.15, 0.2) is 0 Å². The molecule has 10 heteroatoms. The van der Waals surface area contributed by atoms with Crippen molar-refractivity contribution in [3.8, 4) is 0 Å². The Hall–Kier alpha value is -2.75. The van der Waals surface area contributed by atoms with Gasteiger partial charge < -0.3 is 25.4 Å². The summed E-state index contributed by atoms with van der Waals surface area (Å²) in [7, 11) is 0. The minimum Gasteiger partial charge on any atom is -0.444 e. The Kier molecular flexibility index (Phi) is 10.4. The van der Waals surface area contributed by atoms with Gasteiger partial charge in [0.2, 0.25) is 5.91 Å². The number of nitrogens with one attached hydrogen (secondary N) is 2. The number of thiol groups is 1. The third-order valence-electron chi connectivity index (χ3n) is 4.94. The van der Waals surface area contributed by atoms with Crippen LogP contribution in [0.5, 0.6) is 0 Å². The highest BCUT2D eigenvalue weighted by Gasteiger charge is 2.36. The van der Waals surface area contributed by atoms with E-state index < -0.39 is 42.2 Å². The van der Waals surface area contributed by atoms with Crippen molar-refractivity contribution in [2.24, 2.45) is 0 Å². The smallest absolute Gasteiger partial charge is 0.408 e. The number of aliphatic hydroxyl groups is 1. The summed E-state index contributed by atoms with van der Waals surface area (Å²) in [5.41, 5.74) is 0.927. The first-order valence-electron chi connectivity index (χ1n) is 11.1. The van der Waals surface area contributed by atoms with Crippen LogP contribution >= 0.6 is 24.2 Å². The van der Waals surface area contributed by atoms with Gasteiger partial charge in [-0.3, -0.25) is 9.59 Å². The largest absolute Gasteiger partial charge is 0.444 e. The van der Waals surface area contributed by atoms with Crippen LogP contribution in [0.1, 0.15) is 37.9 Å². The minimum atomic E-state index is -1.12. The number of aliphatic hydroxyl groups excluding tert-OH is 1. The molecule has 0 heterocycles.